The predicted octanol–water partition coefficient (Wildman–Crippen LogP) is -0.990. The van der Waals surface area contributed by atoms with Crippen LogP contribution in [0.25, 0.3) is 0 Å². The molecule has 1 N–H and O–H groups in total. The minimum atomic E-state index is -2.87. The molecule has 1 saturated carbocycles. The summed E-state index contributed by atoms with van der Waals surface area (Å²) in [7, 11) is -1.49. The zero-order valence-corrected chi connectivity index (χ0v) is 11.4. The maximum Gasteiger partial charge on any atom is 0.324 e. The molecule has 1 aliphatic carbocycles. The average molecular weight is 276 g/mol. The zero-order valence-electron chi connectivity index (χ0n) is 10.6. The first-order valence-electron chi connectivity index (χ1n) is 6.27. The van der Waals surface area contributed by atoms with Crippen LogP contribution in [0.1, 0.15) is 12.8 Å². The number of carbonyl (C=O) groups is 1. The molecule has 1 saturated heterocycles. The number of hydrogen-bond donors (Lipinski definition) is 1. The van der Waals surface area contributed by atoms with E-state index in [0.29, 0.717) is 25.7 Å². The number of ether oxygens (including phenoxy) is 1. The molecule has 0 aromatic rings. The van der Waals surface area contributed by atoms with E-state index < -0.39 is 9.84 Å². The van der Waals surface area contributed by atoms with E-state index in [1.165, 1.54) is 7.11 Å². The van der Waals surface area contributed by atoms with Crippen LogP contribution in [0.4, 0.5) is 0 Å². The molecular weight excluding hydrogens is 256 g/mol. The van der Waals surface area contributed by atoms with Gasteiger partial charge >= 0.3 is 5.97 Å². The molecule has 0 spiro atoms. The van der Waals surface area contributed by atoms with Gasteiger partial charge in [-0.1, -0.05) is 0 Å². The Hall–Kier alpha value is -0.660. The number of nitrogens with zero attached hydrogens (tertiary/aromatic N) is 1. The lowest BCUT2D eigenvalue weighted by atomic mass is 10.2. The Labute approximate surface area is 108 Å². The van der Waals surface area contributed by atoms with Crippen molar-refractivity contribution in [3.05, 3.63) is 0 Å². The maximum absolute atomic E-state index is 11.6. The number of carbonyl (C=O) groups excluding carboxylic acids is 1. The summed E-state index contributed by atoms with van der Waals surface area (Å²) >= 11 is 0. The second kappa shape index (κ2) is 5.54. The van der Waals surface area contributed by atoms with Crippen molar-refractivity contribution >= 4 is 15.8 Å². The van der Waals surface area contributed by atoms with Gasteiger partial charge in [-0.05, 0) is 12.8 Å². The zero-order chi connectivity index (χ0) is 13.2. The first-order chi connectivity index (χ1) is 8.50. The summed E-state index contributed by atoms with van der Waals surface area (Å²) in [5.41, 5.74) is 0. The van der Waals surface area contributed by atoms with E-state index in [2.05, 4.69) is 5.32 Å². The van der Waals surface area contributed by atoms with Crippen LogP contribution in [0.5, 0.6) is 0 Å². The van der Waals surface area contributed by atoms with Gasteiger partial charge in [0.15, 0.2) is 9.84 Å². The van der Waals surface area contributed by atoms with Crippen molar-refractivity contribution in [1.29, 1.82) is 0 Å². The Bertz CT molecular complexity index is 391. The van der Waals surface area contributed by atoms with Crippen molar-refractivity contribution < 1.29 is 17.9 Å². The van der Waals surface area contributed by atoms with Crippen LogP contribution in [0.15, 0.2) is 0 Å². The standard InChI is InChI=1S/C11H20N2O4S/c1-17-11(14)10(12-9-2-3-9)8-13-4-6-18(15,16)7-5-13/h9-10,12H,2-8H2,1H3. The predicted molar refractivity (Wildman–Crippen MR) is 67.1 cm³/mol. The Morgan fingerprint density at radius 1 is 1.39 bits per heavy atom. The highest BCUT2D eigenvalue weighted by Gasteiger charge is 2.31. The minimum absolute atomic E-state index is 0.185. The molecule has 18 heavy (non-hydrogen) atoms. The summed E-state index contributed by atoms with van der Waals surface area (Å²) in [6.07, 6.45) is 2.20. The van der Waals surface area contributed by atoms with Gasteiger partial charge in [-0.25, -0.2) is 8.42 Å². The molecule has 2 rings (SSSR count). The summed E-state index contributed by atoms with van der Waals surface area (Å²) in [6, 6.07) is 0.0749. The van der Waals surface area contributed by atoms with Crippen LogP contribution in [0.3, 0.4) is 0 Å². The molecule has 104 valence electrons. The van der Waals surface area contributed by atoms with Crippen molar-refractivity contribution in [1.82, 2.24) is 10.2 Å². The van der Waals surface area contributed by atoms with Crippen molar-refractivity contribution in [2.75, 3.05) is 38.2 Å². The van der Waals surface area contributed by atoms with Gasteiger partial charge in [0.05, 0.1) is 18.6 Å². The second-order valence-corrected chi connectivity index (χ2v) is 7.27. The summed E-state index contributed by atoms with van der Waals surface area (Å²) in [6.45, 7) is 1.53. The van der Waals surface area contributed by atoms with Crippen molar-refractivity contribution in [3.63, 3.8) is 0 Å². The smallest absolute Gasteiger partial charge is 0.324 e. The van der Waals surface area contributed by atoms with Crippen LogP contribution in [0.2, 0.25) is 0 Å². The molecule has 6 nitrogen and oxygen atoms in total. The Balaban J connectivity index is 1.86. The Kier molecular flexibility index (Phi) is 4.24. The SMILES string of the molecule is COC(=O)C(CN1CCS(=O)(=O)CC1)NC1CC1. The van der Waals surface area contributed by atoms with E-state index in [4.69, 9.17) is 4.74 Å². The summed E-state index contributed by atoms with van der Waals surface area (Å²) in [5, 5.41) is 3.24. The summed E-state index contributed by atoms with van der Waals surface area (Å²) < 4.78 is 27.4. The molecule has 2 fully saturated rings. The number of hydrogen-bond acceptors (Lipinski definition) is 6. The molecule has 1 heterocycles. The molecule has 1 atom stereocenters. The van der Waals surface area contributed by atoms with Gasteiger partial charge in [-0.3, -0.25) is 9.69 Å². The van der Waals surface area contributed by atoms with Gasteiger partial charge in [0.25, 0.3) is 0 Å². The topological polar surface area (TPSA) is 75.7 Å². The largest absolute Gasteiger partial charge is 0.468 e. The lowest BCUT2D eigenvalue weighted by Crippen LogP contribution is -2.51. The number of nitrogens with one attached hydrogen (secondary N) is 1. The lowest BCUT2D eigenvalue weighted by Gasteiger charge is -2.29. The first kappa shape index (κ1) is 13.8. The van der Waals surface area contributed by atoms with Gasteiger partial charge in [0.2, 0.25) is 0 Å². The van der Waals surface area contributed by atoms with E-state index in [1.54, 1.807) is 0 Å². The van der Waals surface area contributed by atoms with Gasteiger partial charge in [-0.15, -0.1) is 0 Å². The van der Waals surface area contributed by atoms with Gasteiger partial charge in [0, 0.05) is 25.7 Å². The second-order valence-electron chi connectivity index (χ2n) is 4.97. The molecule has 0 aromatic carbocycles. The number of esters is 1. The molecule has 1 unspecified atom stereocenters. The van der Waals surface area contributed by atoms with Crippen LogP contribution >= 0.6 is 0 Å². The highest BCUT2D eigenvalue weighted by Crippen LogP contribution is 2.20. The number of rotatable bonds is 5. The molecule has 1 aliphatic heterocycles. The van der Waals surface area contributed by atoms with E-state index in [9.17, 15) is 13.2 Å². The third-order valence-corrected chi connectivity index (χ3v) is 4.99. The molecule has 0 amide bonds. The van der Waals surface area contributed by atoms with Crippen molar-refractivity contribution in [2.45, 2.75) is 24.9 Å². The highest BCUT2D eigenvalue weighted by atomic mass is 32.2. The van der Waals surface area contributed by atoms with Gasteiger partial charge in [-0.2, -0.15) is 0 Å². The third kappa shape index (κ3) is 3.93. The van der Waals surface area contributed by atoms with Crippen LogP contribution in [-0.4, -0.2) is 69.6 Å². The van der Waals surface area contributed by atoms with Crippen LogP contribution < -0.4 is 5.32 Å². The molecule has 2 aliphatic rings. The summed E-state index contributed by atoms with van der Waals surface area (Å²) in [4.78, 5) is 13.7. The van der Waals surface area contributed by atoms with Gasteiger partial charge in [0.1, 0.15) is 6.04 Å². The monoisotopic (exact) mass is 276 g/mol. The molecule has 0 aromatic heterocycles. The Morgan fingerprint density at radius 3 is 2.50 bits per heavy atom. The number of sulfone groups is 1. The average Bonchev–Trinajstić information content (AvgIpc) is 3.13. The Morgan fingerprint density at radius 2 is 2.00 bits per heavy atom. The fraction of sp³-hybridized carbons (Fsp3) is 0.909. The van der Waals surface area contributed by atoms with E-state index >= 15 is 0 Å². The van der Waals surface area contributed by atoms with Crippen molar-refractivity contribution in [3.8, 4) is 0 Å². The maximum atomic E-state index is 11.6. The van der Waals surface area contributed by atoms with Gasteiger partial charge < -0.3 is 10.1 Å². The van der Waals surface area contributed by atoms with E-state index in [1.807, 2.05) is 4.90 Å². The van der Waals surface area contributed by atoms with Crippen LogP contribution in [-0.2, 0) is 19.4 Å². The van der Waals surface area contributed by atoms with E-state index in [-0.39, 0.29) is 23.5 Å². The normalized spacial score (nSPS) is 25.6. The minimum Gasteiger partial charge on any atom is -0.468 e. The fourth-order valence-corrected chi connectivity index (χ4v) is 3.34. The summed E-state index contributed by atoms with van der Waals surface area (Å²) in [5.74, 6) is 0.101. The number of methoxy groups -OCH3 is 1. The lowest BCUT2D eigenvalue weighted by molar-refractivity contribution is -0.143. The van der Waals surface area contributed by atoms with E-state index in [0.717, 1.165) is 12.8 Å². The fourth-order valence-electron chi connectivity index (χ4n) is 2.06. The van der Waals surface area contributed by atoms with Crippen molar-refractivity contribution in [2.24, 2.45) is 0 Å². The molecule has 0 radical (unpaired) electrons. The molecule has 0 bridgehead atoms. The quantitative estimate of drug-likeness (QED) is 0.650. The first-order valence-corrected chi connectivity index (χ1v) is 8.09. The van der Waals surface area contributed by atoms with Crippen LogP contribution in [0, 0.1) is 0 Å². The highest BCUT2D eigenvalue weighted by molar-refractivity contribution is 7.91. The third-order valence-electron chi connectivity index (χ3n) is 3.38. The molecule has 7 heteroatoms. The molecular formula is C11H20N2O4S.